The highest BCUT2D eigenvalue weighted by Crippen LogP contribution is 2.34. The van der Waals surface area contributed by atoms with Crippen molar-refractivity contribution in [2.24, 2.45) is 0 Å². The molecule has 0 unspecified atom stereocenters. The summed E-state index contributed by atoms with van der Waals surface area (Å²) in [6, 6.07) is 5.04. The van der Waals surface area contributed by atoms with E-state index in [4.69, 9.17) is 21.4 Å². The number of amides is 1. The highest BCUT2D eigenvalue weighted by atomic mass is 35.5. The van der Waals surface area contributed by atoms with Gasteiger partial charge in [0.15, 0.2) is 6.61 Å². The van der Waals surface area contributed by atoms with Gasteiger partial charge in [0.2, 0.25) is 0 Å². The first-order valence-electron chi connectivity index (χ1n) is 5.52. The number of carbonyl (C=O) groups is 2. The van der Waals surface area contributed by atoms with Gasteiger partial charge in [0, 0.05) is 18.0 Å². The van der Waals surface area contributed by atoms with Crippen molar-refractivity contribution in [3.63, 3.8) is 0 Å². The number of anilines is 1. The summed E-state index contributed by atoms with van der Waals surface area (Å²) in [7, 11) is 0. The lowest BCUT2D eigenvalue weighted by molar-refractivity contribution is -0.137. The molecular weight excluding hydrogens is 258 g/mol. The molecule has 1 aromatic rings. The summed E-state index contributed by atoms with van der Waals surface area (Å²) < 4.78 is 5.28. The summed E-state index contributed by atoms with van der Waals surface area (Å²) in [4.78, 5) is 23.7. The lowest BCUT2D eigenvalue weighted by atomic mass is 10.2. The Balaban J connectivity index is 2.16. The second-order valence-corrected chi connectivity index (χ2v) is 4.38. The predicted molar refractivity (Wildman–Crippen MR) is 66.2 cm³/mol. The fourth-order valence-electron chi connectivity index (χ4n) is 1.81. The van der Waals surface area contributed by atoms with Gasteiger partial charge in [-0.15, -0.1) is 0 Å². The van der Waals surface area contributed by atoms with Gasteiger partial charge in [-0.1, -0.05) is 11.6 Å². The zero-order valence-corrected chi connectivity index (χ0v) is 10.3. The van der Waals surface area contributed by atoms with E-state index in [2.05, 4.69) is 0 Å². The predicted octanol–water partition coefficient (Wildman–Crippen LogP) is 1.93. The van der Waals surface area contributed by atoms with Crippen LogP contribution in [0.1, 0.15) is 12.8 Å². The molecule has 5 nitrogen and oxygen atoms in total. The van der Waals surface area contributed by atoms with E-state index in [0.29, 0.717) is 29.4 Å². The molecule has 96 valence electrons. The smallest absolute Gasteiger partial charge is 0.303 e. The fourth-order valence-corrected chi connectivity index (χ4v) is 1.98. The van der Waals surface area contributed by atoms with E-state index in [9.17, 15) is 9.59 Å². The van der Waals surface area contributed by atoms with Gasteiger partial charge >= 0.3 is 5.97 Å². The third-order valence-corrected chi connectivity index (χ3v) is 2.87. The largest absolute Gasteiger partial charge is 0.482 e. The normalized spacial score (nSPS) is 14.1. The maximum absolute atomic E-state index is 11.8. The van der Waals surface area contributed by atoms with Crippen molar-refractivity contribution in [3.8, 4) is 5.75 Å². The van der Waals surface area contributed by atoms with Crippen molar-refractivity contribution < 1.29 is 19.4 Å². The Morgan fingerprint density at radius 3 is 3.00 bits per heavy atom. The third-order valence-electron chi connectivity index (χ3n) is 2.64. The Kier molecular flexibility index (Phi) is 3.72. The van der Waals surface area contributed by atoms with E-state index >= 15 is 0 Å². The second-order valence-electron chi connectivity index (χ2n) is 3.94. The summed E-state index contributed by atoms with van der Waals surface area (Å²) in [5.74, 6) is -0.466. The Morgan fingerprint density at radius 1 is 1.50 bits per heavy atom. The first-order chi connectivity index (χ1) is 8.58. The van der Waals surface area contributed by atoms with E-state index in [0.717, 1.165) is 0 Å². The zero-order chi connectivity index (χ0) is 13.1. The molecule has 0 fully saturated rings. The molecule has 1 amide bonds. The van der Waals surface area contributed by atoms with Gasteiger partial charge in [-0.05, 0) is 24.6 Å². The van der Waals surface area contributed by atoms with Crippen molar-refractivity contribution in [1.82, 2.24) is 0 Å². The molecule has 1 aromatic carbocycles. The topological polar surface area (TPSA) is 66.8 Å². The Bertz CT molecular complexity index is 489. The summed E-state index contributed by atoms with van der Waals surface area (Å²) >= 11 is 5.89. The number of rotatable bonds is 4. The molecule has 0 bridgehead atoms. The van der Waals surface area contributed by atoms with Crippen LogP contribution in [-0.2, 0) is 9.59 Å². The number of hydrogen-bond donors (Lipinski definition) is 1. The van der Waals surface area contributed by atoms with Crippen molar-refractivity contribution in [2.45, 2.75) is 12.8 Å². The van der Waals surface area contributed by atoms with Gasteiger partial charge in [-0.25, -0.2) is 0 Å². The highest BCUT2D eigenvalue weighted by Gasteiger charge is 2.25. The van der Waals surface area contributed by atoms with Crippen LogP contribution < -0.4 is 9.64 Å². The van der Waals surface area contributed by atoms with E-state index in [1.54, 1.807) is 18.2 Å². The number of carboxylic acid groups (broad SMARTS) is 1. The molecule has 1 aliphatic rings. The second kappa shape index (κ2) is 5.27. The number of nitrogens with zero attached hydrogens (tertiary/aromatic N) is 1. The van der Waals surface area contributed by atoms with E-state index in [1.165, 1.54) is 4.90 Å². The molecule has 0 saturated heterocycles. The Labute approximate surface area is 109 Å². The first-order valence-corrected chi connectivity index (χ1v) is 5.90. The van der Waals surface area contributed by atoms with Crippen LogP contribution in [0.5, 0.6) is 5.75 Å². The molecule has 1 N–H and O–H groups in total. The lowest BCUT2D eigenvalue weighted by Crippen LogP contribution is -2.39. The number of benzene rings is 1. The zero-order valence-electron chi connectivity index (χ0n) is 9.56. The van der Waals surface area contributed by atoms with Crippen LogP contribution in [0.4, 0.5) is 5.69 Å². The molecule has 0 saturated carbocycles. The quantitative estimate of drug-likeness (QED) is 0.907. The minimum Gasteiger partial charge on any atom is -0.482 e. The molecule has 18 heavy (non-hydrogen) atoms. The van der Waals surface area contributed by atoms with E-state index in [-0.39, 0.29) is 18.9 Å². The van der Waals surface area contributed by atoms with Crippen LogP contribution in [0.25, 0.3) is 0 Å². The Hall–Kier alpha value is -1.75. The maximum atomic E-state index is 11.8. The van der Waals surface area contributed by atoms with Gasteiger partial charge in [0.1, 0.15) is 5.75 Å². The molecule has 0 aromatic heterocycles. The maximum Gasteiger partial charge on any atom is 0.303 e. The molecule has 2 rings (SSSR count). The number of fused-ring (bicyclic) bond motifs is 1. The van der Waals surface area contributed by atoms with E-state index in [1.807, 2.05) is 0 Å². The number of hydrogen-bond acceptors (Lipinski definition) is 3. The van der Waals surface area contributed by atoms with Gasteiger partial charge in [-0.2, -0.15) is 0 Å². The van der Waals surface area contributed by atoms with Crippen LogP contribution >= 0.6 is 11.6 Å². The van der Waals surface area contributed by atoms with Gasteiger partial charge in [0.25, 0.3) is 5.91 Å². The SMILES string of the molecule is O=C(O)CCCN1C(=O)COc2ccc(Cl)cc21. The average molecular weight is 270 g/mol. The van der Waals surface area contributed by atoms with Crippen molar-refractivity contribution in [2.75, 3.05) is 18.1 Å². The number of ether oxygens (including phenoxy) is 1. The molecule has 1 heterocycles. The number of halogens is 1. The third kappa shape index (κ3) is 2.73. The highest BCUT2D eigenvalue weighted by molar-refractivity contribution is 6.31. The van der Waals surface area contributed by atoms with Crippen LogP contribution in [0.3, 0.4) is 0 Å². The minimum absolute atomic E-state index is 0.0261. The van der Waals surface area contributed by atoms with Crippen molar-refractivity contribution >= 4 is 29.2 Å². The molecule has 0 spiro atoms. The van der Waals surface area contributed by atoms with Gasteiger partial charge in [-0.3, -0.25) is 9.59 Å². The van der Waals surface area contributed by atoms with Crippen LogP contribution in [0.15, 0.2) is 18.2 Å². The van der Waals surface area contributed by atoms with Gasteiger partial charge in [0.05, 0.1) is 5.69 Å². The minimum atomic E-state index is -0.873. The molecule has 0 atom stereocenters. The van der Waals surface area contributed by atoms with Crippen LogP contribution in [0.2, 0.25) is 5.02 Å². The number of carbonyl (C=O) groups excluding carboxylic acids is 1. The summed E-state index contributed by atoms with van der Waals surface area (Å²) in [6.07, 6.45) is 0.424. The summed E-state index contributed by atoms with van der Waals surface area (Å²) in [5, 5.41) is 9.11. The number of aliphatic carboxylic acids is 1. The van der Waals surface area contributed by atoms with Crippen LogP contribution in [-0.4, -0.2) is 30.1 Å². The monoisotopic (exact) mass is 269 g/mol. The Morgan fingerprint density at radius 2 is 2.28 bits per heavy atom. The van der Waals surface area contributed by atoms with Crippen LogP contribution in [0, 0.1) is 0 Å². The molecule has 0 aliphatic carbocycles. The fraction of sp³-hybridized carbons (Fsp3) is 0.333. The lowest BCUT2D eigenvalue weighted by Gasteiger charge is -2.29. The average Bonchev–Trinajstić information content (AvgIpc) is 2.31. The molecule has 6 heteroatoms. The standard InChI is InChI=1S/C12H12ClNO4/c13-8-3-4-10-9(6-8)14(11(15)7-18-10)5-1-2-12(16)17/h3-4,6H,1-2,5,7H2,(H,16,17). The summed E-state index contributed by atoms with van der Waals surface area (Å²) in [5.41, 5.74) is 0.601. The van der Waals surface area contributed by atoms with Crippen molar-refractivity contribution in [3.05, 3.63) is 23.2 Å². The molecular formula is C12H12ClNO4. The number of carboxylic acids is 1. The van der Waals surface area contributed by atoms with E-state index < -0.39 is 5.97 Å². The first kappa shape index (κ1) is 12.7. The van der Waals surface area contributed by atoms with Gasteiger partial charge < -0.3 is 14.7 Å². The molecule has 0 radical (unpaired) electrons. The van der Waals surface area contributed by atoms with Crippen molar-refractivity contribution in [1.29, 1.82) is 0 Å². The molecule has 1 aliphatic heterocycles. The summed E-state index contributed by atoms with van der Waals surface area (Å²) in [6.45, 7) is 0.323.